The average Bonchev–Trinajstić information content (AvgIpc) is 3.51. The second-order valence-electron chi connectivity index (χ2n) is 7.40. The lowest BCUT2D eigenvalue weighted by Crippen LogP contribution is -2.56. The number of hydrogen-bond acceptors (Lipinski definition) is 4. The summed E-state index contributed by atoms with van der Waals surface area (Å²) in [5.41, 5.74) is 6.13. The molecular formula is C19H30ClN3O3S. The Hall–Kier alpha value is -1.15. The molecule has 1 saturated heterocycles. The van der Waals surface area contributed by atoms with Gasteiger partial charge in [-0.2, -0.15) is 0 Å². The van der Waals surface area contributed by atoms with E-state index in [-0.39, 0.29) is 30.1 Å². The molecule has 0 aromatic heterocycles. The summed E-state index contributed by atoms with van der Waals surface area (Å²) < 4.78 is 25.9. The molecule has 0 bridgehead atoms. The summed E-state index contributed by atoms with van der Waals surface area (Å²) in [6.45, 7) is 2.84. The minimum absolute atomic E-state index is 0. The molecule has 1 unspecified atom stereocenters. The summed E-state index contributed by atoms with van der Waals surface area (Å²) in [5, 5.41) is 3.17. The van der Waals surface area contributed by atoms with Gasteiger partial charge in [0.1, 0.15) is 0 Å². The molecular weight excluding hydrogens is 386 g/mol. The molecule has 27 heavy (non-hydrogen) atoms. The van der Waals surface area contributed by atoms with Gasteiger partial charge in [0.25, 0.3) is 0 Å². The van der Waals surface area contributed by atoms with Gasteiger partial charge in [0.05, 0.1) is 11.2 Å². The SMILES string of the molecule is CCS(=O)(=O)N1CCC(C(=O)NC(CN)C2CC2)(c2ccccc2)CC1.Cl. The molecule has 8 heteroatoms. The smallest absolute Gasteiger partial charge is 0.231 e. The van der Waals surface area contributed by atoms with Crippen LogP contribution in [-0.4, -0.2) is 50.1 Å². The Morgan fingerprint density at radius 3 is 2.33 bits per heavy atom. The lowest BCUT2D eigenvalue weighted by Gasteiger charge is -2.41. The highest BCUT2D eigenvalue weighted by atomic mass is 35.5. The molecule has 1 atom stereocenters. The van der Waals surface area contributed by atoms with Crippen LogP contribution < -0.4 is 11.1 Å². The van der Waals surface area contributed by atoms with Crippen molar-refractivity contribution < 1.29 is 13.2 Å². The van der Waals surface area contributed by atoms with E-state index in [1.807, 2.05) is 30.3 Å². The van der Waals surface area contributed by atoms with E-state index in [0.717, 1.165) is 18.4 Å². The van der Waals surface area contributed by atoms with Gasteiger partial charge in [0.2, 0.25) is 15.9 Å². The van der Waals surface area contributed by atoms with Crippen LogP contribution in [0.1, 0.15) is 38.2 Å². The third kappa shape index (κ3) is 4.65. The number of carbonyl (C=O) groups is 1. The van der Waals surface area contributed by atoms with Gasteiger partial charge < -0.3 is 11.1 Å². The van der Waals surface area contributed by atoms with Crippen LogP contribution in [0.3, 0.4) is 0 Å². The van der Waals surface area contributed by atoms with E-state index in [4.69, 9.17) is 5.73 Å². The van der Waals surface area contributed by atoms with Crippen LogP contribution >= 0.6 is 12.4 Å². The standard InChI is InChI=1S/C19H29N3O3S.ClH/c1-2-26(24,25)22-12-10-19(11-13-22,16-6-4-3-5-7-16)18(23)21-17(14-20)15-8-9-15;/h3-7,15,17H,2,8-14,20H2,1H3,(H,21,23);1H. The van der Waals surface area contributed by atoms with Crippen molar-refractivity contribution >= 4 is 28.3 Å². The highest BCUT2D eigenvalue weighted by molar-refractivity contribution is 7.89. The number of benzene rings is 1. The van der Waals surface area contributed by atoms with E-state index < -0.39 is 15.4 Å². The van der Waals surface area contributed by atoms with E-state index in [1.165, 1.54) is 4.31 Å². The molecule has 6 nitrogen and oxygen atoms in total. The fourth-order valence-corrected chi connectivity index (χ4v) is 5.01. The van der Waals surface area contributed by atoms with Crippen LogP contribution in [0.15, 0.2) is 30.3 Å². The molecule has 1 aliphatic carbocycles. The Bertz CT molecular complexity index is 730. The zero-order chi connectivity index (χ0) is 18.8. The monoisotopic (exact) mass is 415 g/mol. The van der Waals surface area contributed by atoms with Crippen molar-refractivity contribution in [2.24, 2.45) is 11.7 Å². The Balaban J connectivity index is 0.00000261. The molecule has 1 amide bonds. The molecule has 1 aromatic carbocycles. The Morgan fingerprint density at radius 2 is 1.85 bits per heavy atom. The normalized spacial score (nSPS) is 21.1. The maximum Gasteiger partial charge on any atom is 0.231 e. The summed E-state index contributed by atoms with van der Waals surface area (Å²) >= 11 is 0. The maximum atomic E-state index is 13.3. The first-order valence-corrected chi connectivity index (χ1v) is 11.1. The molecule has 1 heterocycles. The lowest BCUT2D eigenvalue weighted by atomic mass is 9.72. The number of piperidine rings is 1. The van der Waals surface area contributed by atoms with Crippen LogP contribution in [0.2, 0.25) is 0 Å². The first-order chi connectivity index (χ1) is 12.4. The van der Waals surface area contributed by atoms with Gasteiger partial charge in [0, 0.05) is 25.7 Å². The molecule has 0 spiro atoms. The third-order valence-electron chi connectivity index (χ3n) is 5.86. The topological polar surface area (TPSA) is 92.5 Å². The minimum atomic E-state index is -3.23. The molecule has 2 fully saturated rings. The zero-order valence-corrected chi connectivity index (χ0v) is 17.4. The van der Waals surface area contributed by atoms with Crippen LogP contribution in [0.5, 0.6) is 0 Å². The number of hydrogen-bond donors (Lipinski definition) is 2. The minimum Gasteiger partial charge on any atom is -0.351 e. The maximum absolute atomic E-state index is 13.3. The summed E-state index contributed by atoms with van der Waals surface area (Å²) in [6.07, 6.45) is 3.21. The van der Waals surface area contributed by atoms with Crippen molar-refractivity contribution in [1.29, 1.82) is 0 Å². The second-order valence-corrected chi connectivity index (χ2v) is 9.66. The number of nitrogens with two attached hydrogens (primary N) is 1. The predicted octanol–water partition coefficient (Wildman–Crippen LogP) is 1.65. The third-order valence-corrected chi connectivity index (χ3v) is 7.74. The zero-order valence-electron chi connectivity index (χ0n) is 15.8. The molecule has 3 N–H and O–H groups in total. The van der Waals surface area contributed by atoms with Gasteiger partial charge in [-0.05, 0) is 44.1 Å². The fraction of sp³-hybridized carbons (Fsp3) is 0.632. The number of rotatable bonds is 7. The highest BCUT2D eigenvalue weighted by Gasteiger charge is 2.46. The molecule has 3 rings (SSSR count). The summed E-state index contributed by atoms with van der Waals surface area (Å²) in [6, 6.07) is 9.75. The average molecular weight is 416 g/mol. The van der Waals surface area contributed by atoms with Crippen molar-refractivity contribution in [2.45, 2.75) is 44.1 Å². The largest absolute Gasteiger partial charge is 0.351 e. The quantitative estimate of drug-likeness (QED) is 0.708. The molecule has 1 aromatic rings. The molecule has 2 aliphatic rings. The molecule has 1 aliphatic heterocycles. The van der Waals surface area contributed by atoms with E-state index in [0.29, 0.717) is 38.4 Å². The molecule has 0 radical (unpaired) electrons. The molecule has 152 valence electrons. The van der Waals surface area contributed by atoms with Crippen LogP contribution in [-0.2, 0) is 20.2 Å². The van der Waals surface area contributed by atoms with Gasteiger partial charge >= 0.3 is 0 Å². The second kappa shape index (κ2) is 8.90. The van der Waals surface area contributed by atoms with Crippen LogP contribution in [0, 0.1) is 5.92 Å². The number of carbonyl (C=O) groups excluding carboxylic acids is 1. The summed E-state index contributed by atoms with van der Waals surface area (Å²) in [7, 11) is -3.23. The number of nitrogens with zero attached hydrogens (tertiary/aromatic N) is 1. The van der Waals surface area contributed by atoms with Crippen molar-refractivity contribution in [1.82, 2.24) is 9.62 Å². The summed E-state index contributed by atoms with van der Waals surface area (Å²) in [4.78, 5) is 13.3. The van der Waals surface area contributed by atoms with Gasteiger partial charge in [-0.15, -0.1) is 12.4 Å². The number of sulfonamides is 1. The van der Waals surface area contributed by atoms with Crippen molar-refractivity contribution in [2.75, 3.05) is 25.4 Å². The first-order valence-electron chi connectivity index (χ1n) is 9.47. The Labute approximate surface area is 168 Å². The van der Waals surface area contributed by atoms with E-state index >= 15 is 0 Å². The Kier molecular flexibility index (Phi) is 7.30. The molecule has 1 saturated carbocycles. The first kappa shape index (κ1) is 22.1. The van der Waals surface area contributed by atoms with E-state index in [2.05, 4.69) is 5.32 Å². The highest BCUT2D eigenvalue weighted by Crippen LogP contribution is 2.38. The summed E-state index contributed by atoms with van der Waals surface area (Å²) in [5.74, 6) is 0.561. The fourth-order valence-electron chi connectivity index (χ4n) is 3.91. The Morgan fingerprint density at radius 1 is 1.26 bits per heavy atom. The van der Waals surface area contributed by atoms with Crippen LogP contribution in [0.4, 0.5) is 0 Å². The number of amides is 1. The van der Waals surface area contributed by atoms with Gasteiger partial charge in [-0.3, -0.25) is 4.79 Å². The van der Waals surface area contributed by atoms with Gasteiger partial charge in [0.15, 0.2) is 0 Å². The van der Waals surface area contributed by atoms with Gasteiger partial charge in [-0.25, -0.2) is 12.7 Å². The number of halogens is 1. The van der Waals surface area contributed by atoms with Crippen molar-refractivity contribution in [3.63, 3.8) is 0 Å². The van der Waals surface area contributed by atoms with E-state index in [1.54, 1.807) is 6.92 Å². The van der Waals surface area contributed by atoms with Crippen LogP contribution in [0.25, 0.3) is 0 Å². The van der Waals surface area contributed by atoms with E-state index in [9.17, 15) is 13.2 Å². The lowest BCUT2D eigenvalue weighted by molar-refractivity contribution is -0.129. The predicted molar refractivity (Wildman–Crippen MR) is 109 cm³/mol. The number of nitrogens with one attached hydrogen (secondary N) is 1. The van der Waals surface area contributed by atoms with Crippen molar-refractivity contribution in [3.05, 3.63) is 35.9 Å². The van der Waals surface area contributed by atoms with Crippen molar-refractivity contribution in [3.8, 4) is 0 Å². The van der Waals surface area contributed by atoms with Gasteiger partial charge in [-0.1, -0.05) is 30.3 Å².